The van der Waals surface area contributed by atoms with E-state index < -0.39 is 0 Å². The lowest BCUT2D eigenvalue weighted by Gasteiger charge is -2.15. The van der Waals surface area contributed by atoms with Gasteiger partial charge in [0, 0.05) is 18.1 Å². The Morgan fingerprint density at radius 2 is 2.24 bits per heavy atom. The van der Waals surface area contributed by atoms with Crippen molar-refractivity contribution in [2.24, 2.45) is 5.92 Å². The number of hydrogen-bond donors (Lipinski definition) is 2. The number of halogens is 1. The van der Waals surface area contributed by atoms with Crippen LogP contribution < -0.4 is 5.32 Å². The van der Waals surface area contributed by atoms with E-state index in [1.54, 1.807) is 0 Å². The van der Waals surface area contributed by atoms with Crippen LogP contribution >= 0.6 is 11.6 Å². The van der Waals surface area contributed by atoms with Gasteiger partial charge in [0.25, 0.3) is 0 Å². The number of hydrogen-bond acceptors (Lipinski definition) is 2. The van der Waals surface area contributed by atoms with Crippen LogP contribution in [0.15, 0.2) is 18.2 Å². The van der Waals surface area contributed by atoms with Gasteiger partial charge >= 0.3 is 0 Å². The lowest BCUT2D eigenvalue weighted by atomic mass is 10.1. The highest BCUT2D eigenvalue weighted by molar-refractivity contribution is 6.30. The summed E-state index contributed by atoms with van der Waals surface area (Å²) < 4.78 is 0. The van der Waals surface area contributed by atoms with Crippen molar-refractivity contribution in [2.45, 2.75) is 38.8 Å². The van der Waals surface area contributed by atoms with E-state index in [9.17, 15) is 5.11 Å². The van der Waals surface area contributed by atoms with Crippen molar-refractivity contribution >= 4 is 11.6 Å². The first-order valence-corrected chi connectivity index (χ1v) is 6.68. The molecule has 0 heterocycles. The standard InChI is InChI=1S/C14H20ClNO/c1-10-7-13(15)6-5-11(10)8-16-9-12-3-2-4-14(12)17/h5-7,12,14,16-17H,2-4,8-9H2,1H3. The third-order valence-electron chi connectivity index (χ3n) is 3.65. The maximum atomic E-state index is 9.72. The molecule has 1 aliphatic rings. The number of aliphatic hydroxyl groups excluding tert-OH is 1. The largest absolute Gasteiger partial charge is 0.393 e. The van der Waals surface area contributed by atoms with Crippen LogP contribution in [0, 0.1) is 12.8 Å². The van der Waals surface area contributed by atoms with E-state index in [1.165, 1.54) is 11.1 Å². The molecule has 2 N–H and O–H groups in total. The molecule has 0 bridgehead atoms. The molecule has 1 aromatic rings. The molecule has 1 fully saturated rings. The van der Waals surface area contributed by atoms with Gasteiger partial charge < -0.3 is 10.4 Å². The monoisotopic (exact) mass is 253 g/mol. The van der Waals surface area contributed by atoms with Crippen molar-refractivity contribution < 1.29 is 5.11 Å². The van der Waals surface area contributed by atoms with E-state index >= 15 is 0 Å². The molecule has 2 unspecified atom stereocenters. The second-order valence-electron chi connectivity index (χ2n) is 4.96. The topological polar surface area (TPSA) is 32.3 Å². The van der Waals surface area contributed by atoms with Crippen molar-refractivity contribution in [1.82, 2.24) is 5.32 Å². The smallest absolute Gasteiger partial charge is 0.0580 e. The maximum absolute atomic E-state index is 9.72. The minimum Gasteiger partial charge on any atom is -0.393 e. The van der Waals surface area contributed by atoms with Gasteiger partial charge in [0.05, 0.1) is 6.10 Å². The molecule has 0 spiro atoms. The minimum absolute atomic E-state index is 0.103. The minimum atomic E-state index is -0.103. The predicted octanol–water partition coefficient (Wildman–Crippen LogP) is 2.90. The Labute approximate surface area is 108 Å². The van der Waals surface area contributed by atoms with Crippen LogP contribution in [0.25, 0.3) is 0 Å². The first-order valence-electron chi connectivity index (χ1n) is 6.30. The Balaban J connectivity index is 1.81. The zero-order valence-corrected chi connectivity index (χ0v) is 11.0. The number of nitrogens with one attached hydrogen (secondary N) is 1. The highest BCUT2D eigenvalue weighted by Gasteiger charge is 2.24. The van der Waals surface area contributed by atoms with Gasteiger partial charge in [-0.25, -0.2) is 0 Å². The Hall–Kier alpha value is -0.570. The van der Waals surface area contributed by atoms with Crippen molar-refractivity contribution in [3.05, 3.63) is 34.3 Å². The number of aliphatic hydroxyl groups is 1. The molecule has 2 nitrogen and oxygen atoms in total. The van der Waals surface area contributed by atoms with Crippen molar-refractivity contribution in [1.29, 1.82) is 0 Å². The summed E-state index contributed by atoms with van der Waals surface area (Å²) in [6, 6.07) is 5.98. The van der Waals surface area contributed by atoms with E-state index in [-0.39, 0.29) is 6.10 Å². The van der Waals surface area contributed by atoms with Crippen molar-refractivity contribution in [3.8, 4) is 0 Å². The number of aryl methyl sites for hydroxylation is 1. The molecule has 1 aliphatic carbocycles. The SMILES string of the molecule is Cc1cc(Cl)ccc1CNCC1CCCC1O. The molecule has 94 valence electrons. The molecule has 17 heavy (non-hydrogen) atoms. The molecule has 1 aromatic carbocycles. The summed E-state index contributed by atoms with van der Waals surface area (Å²) >= 11 is 5.92. The predicted molar refractivity (Wildman–Crippen MR) is 71.2 cm³/mol. The van der Waals surface area contributed by atoms with Crippen LogP contribution in [-0.4, -0.2) is 17.8 Å². The first-order chi connectivity index (χ1) is 8.16. The maximum Gasteiger partial charge on any atom is 0.0580 e. The Kier molecular flexibility index (Phi) is 4.43. The molecule has 0 radical (unpaired) electrons. The van der Waals surface area contributed by atoms with Crippen LogP contribution in [-0.2, 0) is 6.54 Å². The highest BCUT2D eigenvalue weighted by Crippen LogP contribution is 2.24. The first kappa shape index (κ1) is 12.9. The molecule has 0 amide bonds. The van der Waals surface area contributed by atoms with Gasteiger partial charge in [0.1, 0.15) is 0 Å². The summed E-state index contributed by atoms with van der Waals surface area (Å²) in [5.74, 6) is 0.433. The third-order valence-corrected chi connectivity index (χ3v) is 3.88. The van der Waals surface area contributed by atoms with E-state index in [0.717, 1.165) is 37.4 Å². The van der Waals surface area contributed by atoms with Gasteiger partial charge in [-0.15, -0.1) is 0 Å². The van der Waals surface area contributed by atoms with Gasteiger partial charge in [-0.05, 0) is 48.9 Å². The van der Waals surface area contributed by atoms with Gasteiger partial charge in [0.15, 0.2) is 0 Å². The third kappa shape index (κ3) is 3.44. The number of benzene rings is 1. The summed E-state index contributed by atoms with van der Waals surface area (Å²) in [5.41, 5.74) is 2.50. The summed E-state index contributed by atoms with van der Waals surface area (Å²) in [6.45, 7) is 3.84. The average molecular weight is 254 g/mol. The highest BCUT2D eigenvalue weighted by atomic mass is 35.5. The number of rotatable bonds is 4. The molecule has 0 aromatic heterocycles. The van der Waals surface area contributed by atoms with Gasteiger partial charge in [-0.1, -0.05) is 24.1 Å². The van der Waals surface area contributed by atoms with E-state index in [4.69, 9.17) is 11.6 Å². The van der Waals surface area contributed by atoms with Gasteiger partial charge in [-0.2, -0.15) is 0 Å². The van der Waals surface area contributed by atoms with E-state index in [0.29, 0.717) is 5.92 Å². The second kappa shape index (κ2) is 5.85. The van der Waals surface area contributed by atoms with Crippen LogP contribution in [0.3, 0.4) is 0 Å². The van der Waals surface area contributed by atoms with E-state index in [1.807, 2.05) is 12.1 Å². The Morgan fingerprint density at radius 1 is 1.41 bits per heavy atom. The summed E-state index contributed by atoms with van der Waals surface area (Å²) in [6.07, 6.45) is 3.17. The lowest BCUT2D eigenvalue weighted by molar-refractivity contribution is 0.131. The summed E-state index contributed by atoms with van der Waals surface area (Å²) in [5, 5.41) is 13.9. The Morgan fingerprint density at radius 3 is 2.88 bits per heavy atom. The van der Waals surface area contributed by atoms with Crippen LogP contribution in [0.2, 0.25) is 5.02 Å². The second-order valence-corrected chi connectivity index (χ2v) is 5.40. The zero-order chi connectivity index (χ0) is 12.3. The van der Waals surface area contributed by atoms with Crippen molar-refractivity contribution in [2.75, 3.05) is 6.54 Å². The molecule has 1 saturated carbocycles. The van der Waals surface area contributed by atoms with Crippen LogP contribution in [0.1, 0.15) is 30.4 Å². The fourth-order valence-corrected chi connectivity index (χ4v) is 2.73. The average Bonchev–Trinajstić information content (AvgIpc) is 2.68. The molecule has 2 atom stereocenters. The lowest BCUT2D eigenvalue weighted by Crippen LogP contribution is -2.27. The molecule has 2 rings (SSSR count). The van der Waals surface area contributed by atoms with Crippen LogP contribution in [0.5, 0.6) is 0 Å². The van der Waals surface area contributed by atoms with Gasteiger partial charge in [0.2, 0.25) is 0 Å². The van der Waals surface area contributed by atoms with E-state index in [2.05, 4.69) is 18.3 Å². The van der Waals surface area contributed by atoms with Crippen molar-refractivity contribution in [3.63, 3.8) is 0 Å². The fraction of sp³-hybridized carbons (Fsp3) is 0.571. The fourth-order valence-electron chi connectivity index (χ4n) is 2.51. The molecular formula is C14H20ClNO. The van der Waals surface area contributed by atoms with Crippen LogP contribution in [0.4, 0.5) is 0 Å². The molecule has 0 aliphatic heterocycles. The molecule has 0 saturated heterocycles. The summed E-state index contributed by atoms with van der Waals surface area (Å²) in [7, 11) is 0. The van der Waals surface area contributed by atoms with Gasteiger partial charge in [-0.3, -0.25) is 0 Å². The quantitative estimate of drug-likeness (QED) is 0.865. The summed E-state index contributed by atoms with van der Waals surface area (Å²) in [4.78, 5) is 0. The normalized spacial score (nSPS) is 24.2. The Bertz CT molecular complexity index is 380. The molecule has 3 heteroatoms. The zero-order valence-electron chi connectivity index (χ0n) is 10.2. The molecular weight excluding hydrogens is 234 g/mol.